The summed E-state index contributed by atoms with van der Waals surface area (Å²) in [5.74, 6) is 0. The molecule has 1 fully saturated rings. The third kappa shape index (κ3) is 1.78. The Morgan fingerprint density at radius 3 is 2.93 bits per heavy atom. The first kappa shape index (κ1) is 9.33. The van der Waals surface area contributed by atoms with E-state index >= 15 is 0 Å². The normalized spacial score (nSPS) is 22.0. The van der Waals surface area contributed by atoms with E-state index in [2.05, 4.69) is 41.0 Å². The monoisotopic (exact) mass is 218 g/mol. The number of thiophene rings is 1. The summed E-state index contributed by atoms with van der Waals surface area (Å²) in [6, 6.07) is 11.4. The maximum absolute atomic E-state index is 3.54. The average molecular weight is 218 g/mol. The predicted octanol–water partition coefficient (Wildman–Crippen LogP) is 2.14. The van der Waals surface area contributed by atoms with Gasteiger partial charge >= 0.3 is 0 Å². The van der Waals surface area contributed by atoms with E-state index < -0.39 is 0 Å². The van der Waals surface area contributed by atoms with Crippen molar-refractivity contribution in [2.75, 3.05) is 19.6 Å². The first-order valence-corrected chi connectivity index (χ1v) is 6.18. The van der Waals surface area contributed by atoms with Crippen LogP contribution in [0.25, 0.3) is 10.1 Å². The van der Waals surface area contributed by atoms with Gasteiger partial charge in [-0.2, -0.15) is 0 Å². The van der Waals surface area contributed by atoms with Gasteiger partial charge in [0.25, 0.3) is 0 Å². The van der Waals surface area contributed by atoms with Crippen molar-refractivity contribution in [3.8, 4) is 0 Å². The van der Waals surface area contributed by atoms with Crippen LogP contribution in [0.4, 0.5) is 0 Å². The Morgan fingerprint density at radius 1 is 1.20 bits per heavy atom. The number of fused-ring (bicyclic) bond motifs is 1. The Bertz CT molecular complexity index is 424. The summed E-state index contributed by atoms with van der Waals surface area (Å²) in [5, 5.41) is 8.33. The molecule has 3 rings (SSSR count). The van der Waals surface area contributed by atoms with E-state index in [1.165, 1.54) is 15.0 Å². The maximum Gasteiger partial charge on any atom is 0.0542 e. The van der Waals surface area contributed by atoms with Crippen LogP contribution >= 0.6 is 11.3 Å². The molecular formula is C12H14N2S. The second kappa shape index (κ2) is 3.93. The van der Waals surface area contributed by atoms with E-state index in [1.54, 1.807) is 0 Å². The first-order chi connectivity index (χ1) is 7.43. The van der Waals surface area contributed by atoms with Crippen LogP contribution in [0.15, 0.2) is 30.3 Å². The molecule has 1 aromatic heterocycles. The number of benzene rings is 1. The van der Waals surface area contributed by atoms with E-state index in [1.807, 2.05) is 11.3 Å². The molecule has 2 heterocycles. The molecule has 2 nitrogen and oxygen atoms in total. The lowest BCUT2D eigenvalue weighted by Crippen LogP contribution is -2.42. The molecule has 1 saturated heterocycles. The largest absolute Gasteiger partial charge is 0.314 e. The molecule has 2 aromatic rings. The minimum Gasteiger partial charge on any atom is -0.314 e. The molecule has 1 aliphatic heterocycles. The molecule has 1 aromatic carbocycles. The van der Waals surface area contributed by atoms with Crippen molar-refractivity contribution in [2.24, 2.45) is 0 Å². The van der Waals surface area contributed by atoms with E-state index in [9.17, 15) is 0 Å². The zero-order valence-electron chi connectivity index (χ0n) is 8.49. The highest BCUT2D eigenvalue weighted by Crippen LogP contribution is 2.29. The van der Waals surface area contributed by atoms with Crippen molar-refractivity contribution in [3.63, 3.8) is 0 Å². The number of nitrogens with one attached hydrogen (secondary N) is 2. The summed E-state index contributed by atoms with van der Waals surface area (Å²) >= 11 is 1.90. The zero-order valence-corrected chi connectivity index (χ0v) is 9.31. The summed E-state index contributed by atoms with van der Waals surface area (Å²) in [6.07, 6.45) is 0. The summed E-state index contributed by atoms with van der Waals surface area (Å²) in [7, 11) is 0. The lowest BCUT2D eigenvalue weighted by molar-refractivity contribution is 0.435. The zero-order chi connectivity index (χ0) is 10.1. The highest BCUT2D eigenvalue weighted by molar-refractivity contribution is 7.19. The SMILES string of the molecule is c1ccc2sc(C3CNCCN3)cc2c1. The van der Waals surface area contributed by atoms with Crippen molar-refractivity contribution >= 4 is 21.4 Å². The first-order valence-electron chi connectivity index (χ1n) is 5.36. The van der Waals surface area contributed by atoms with Gasteiger partial charge in [-0.1, -0.05) is 18.2 Å². The molecule has 1 unspecified atom stereocenters. The van der Waals surface area contributed by atoms with Crippen LogP contribution in [0.3, 0.4) is 0 Å². The van der Waals surface area contributed by atoms with Crippen LogP contribution in [-0.4, -0.2) is 19.6 Å². The van der Waals surface area contributed by atoms with Gasteiger partial charge in [0, 0.05) is 29.2 Å². The van der Waals surface area contributed by atoms with Gasteiger partial charge in [0.05, 0.1) is 6.04 Å². The van der Waals surface area contributed by atoms with Crippen LogP contribution < -0.4 is 10.6 Å². The smallest absolute Gasteiger partial charge is 0.0542 e. The van der Waals surface area contributed by atoms with Crippen LogP contribution in [0.1, 0.15) is 10.9 Å². The van der Waals surface area contributed by atoms with Gasteiger partial charge in [-0.25, -0.2) is 0 Å². The number of hydrogen-bond donors (Lipinski definition) is 2. The minimum atomic E-state index is 0.496. The second-order valence-corrected chi connectivity index (χ2v) is 5.01. The van der Waals surface area contributed by atoms with E-state index in [0.29, 0.717) is 6.04 Å². The topological polar surface area (TPSA) is 24.1 Å². The average Bonchev–Trinajstić information content (AvgIpc) is 2.74. The lowest BCUT2D eigenvalue weighted by atomic mass is 10.2. The van der Waals surface area contributed by atoms with Gasteiger partial charge in [0.1, 0.15) is 0 Å². The molecule has 2 N–H and O–H groups in total. The second-order valence-electron chi connectivity index (χ2n) is 3.90. The summed E-state index contributed by atoms with van der Waals surface area (Å²) < 4.78 is 1.39. The lowest BCUT2D eigenvalue weighted by Gasteiger charge is -2.23. The fourth-order valence-corrected chi connectivity index (χ4v) is 3.17. The highest BCUT2D eigenvalue weighted by Gasteiger charge is 2.16. The Hall–Kier alpha value is -0.900. The molecule has 78 valence electrons. The quantitative estimate of drug-likeness (QED) is 0.766. The fraction of sp³-hybridized carbons (Fsp3) is 0.333. The molecule has 1 atom stereocenters. The van der Waals surface area contributed by atoms with E-state index in [-0.39, 0.29) is 0 Å². The van der Waals surface area contributed by atoms with Gasteiger partial charge in [-0.05, 0) is 17.5 Å². The molecule has 0 saturated carbocycles. The highest BCUT2D eigenvalue weighted by atomic mass is 32.1. The molecule has 15 heavy (non-hydrogen) atoms. The van der Waals surface area contributed by atoms with Gasteiger partial charge < -0.3 is 10.6 Å². The fourth-order valence-electron chi connectivity index (χ4n) is 2.03. The van der Waals surface area contributed by atoms with Crippen LogP contribution in [0.2, 0.25) is 0 Å². The van der Waals surface area contributed by atoms with Crippen molar-refractivity contribution in [1.29, 1.82) is 0 Å². The Balaban J connectivity index is 1.96. The van der Waals surface area contributed by atoms with Gasteiger partial charge in [-0.3, -0.25) is 0 Å². The molecule has 1 aliphatic rings. The van der Waals surface area contributed by atoms with Gasteiger partial charge in [0.2, 0.25) is 0 Å². The molecular weight excluding hydrogens is 204 g/mol. The van der Waals surface area contributed by atoms with Gasteiger partial charge in [-0.15, -0.1) is 11.3 Å². The Labute approximate surface area is 93.3 Å². The molecule has 0 radical (unpaired) electrons. The standard InChI is InChI=1S/C12H14N2S/c1-2-4-11-9(3-1)7-12(15-11)10-8-13-5-6-14-10/h1-4,7,10,13-14H,5-6,8H2. The molecule has 3 heteroatoms. The number of rotatable bonds is 1. The maximum atomic E-state index is 3.54. The Kier molecular flexibility index (Phi) is 2.44. The number of hydrogen-bond acceptors (Lipinski definition) is 3. The van der Waals surface area contributed by atoms with Crippen molar-refractivity contribution < 1.29 is 0 Å². The third-order valence-corrected chi connectivity index (χ3v) is 4.06. The van der Waals surface area contributed by atoms with E-state index in [4.69, 9.17) is 0 Å². The molecule has 0 spiro atoms. The van der Waals surface area contributed by atoms with Crippen molar-refractivity contribution in [1.82, 2.24) is 10.6 Å². The summed E-state index contributed by atoms with van der Waals surface area (Å²) in [6.45, 7) is 3.20. The van der Waals surface area contributed by atoms with Crippen LogP contribution in [-0.2, 0) is 0 Å². The van der Waals surface area contributed by atoms with Crippen molar-refractivity contribution in [2.45, 2.75) is 6.04 Å². The van der Waals surface area contributed by atoms with E-state index in [0.717, 1.165) is 19.6 Å². The summed E-state index contributed by atoms with van der Waals surface area (Å²) in [4.78, 5) is 1.45. The minimum absolute atomic E-state index is 0.496. The predicted molar refractivity (Wildman–Crippen MR) is 65.4 cm³/mol. The third-order valence-electron chi connectivity index (χ3n) is 2.83. The molecule has 0 aliphatic carbocycles. The number of piperazine rings is 1. The van der Waals surface area contributed by atoms with Crippen LogP contribution in [0, 0.1) is 0 Å². The van der Waals surface area contributed by atoms with Gasteiger partial charge in [0.15, 0.2) is 0 Å². The van der Waals surface area contributed by atoms with Crippen molar-refractivity contribution in [3.05, 3.63) is 35.2 Å². The molecule has 0 bridgehead atoms. The summed E-state index contributed by atoms with van der Waals surface area (Å²) in [5.41, 5.74) is 0. The van der Waals surface area contributed by atoms with Crippen LogP contribution in [0.5, 0.6) is 0 Å². The molecule has 0 amide bonds. The Morgan fingerprint density at radius 2 is 2.13 bits per heavy atom.